The minimum atomic E-state index is 0.105. The molecule has 2 rings (SSSR count). The molecule has 17 heavy (non-hydrogen) atoms. The number of carbonyl (C=O) groups is 1. The smallest absolute Gasteiger partial charge is 0.229 e. The van der Waals surface area contributed by atoms with Crippen molar-refractivity contribution < 1.29 is 4.79 Å². The second-order valence-corrected chi connectivity index (χ2v) is 5.71. The molecule has 4 heteroatoms. The molecule has 1 saturated carbocycles. The Labute approximate surface area is 102 Å². The molecule has 1 amide bonds. The van der Waals surface area contributed by atoms with Crippen molar-refractivity contribution >= 4 is 11.7 Å². The van der Waals surface area contributed by atoms with Gasteiger partial charge in [-0.15, -0.1) is 0 Å². The second-order valence-electron chi connectivity index (χ2n) is 5.71. The van der Waals surface area contributed by atoms with Crippen LogP contribution in [-0.2, 0) is 4.79 Å². The van der Waals surface area contributed by atoms with Crippen molar-refractivity contribution in [3.8, 4) is 0 Å². The second kappa shape index (κ2) is 4.51. The number of amides is 1. The predicted octanol–water partition coefficient (Wildman–Crippen LogP) is 2.87. The van der Waals surface area contributed by atoms with E-state index in [9.17, 15) is 4.79 Å². The van der Waals surface area contributed by atoms with Gasteiger partial charge in [-0.25, -0.2) is 0 Å². The van der Waals surface area contributed by atoms with Crippen LogP contribution in [0.25, 0.3) is 0 Å². The highest BCUT2D eigenvalue weighted by Crippen LogP contribution is 2.40. The summed E-state index contributed by atoms with van der Waals surface area (Å²) in [6.07, 6.45) is 4.51. The zero-order chi connectivity index (χ0) is 12.5. The first-order valence-corrected chi connectivity index (χ1v) is 6.32. The van der Waals surface area contributed by atoms with Crippen LogP contribution >= 0.6 is 0 Å². The number of hydrogen-bond donors (Lipinski definition) is 2. The predicted molar refractivity (Wildman–Crippen MR) is 67.7 cm³/mol. The molecule has 1 aromatic heterocycles. The van der Waals surface area contributed by atoms with Crippen LogP contribution in [0.4, 0.5) is 5.82 Å². The average molecular weight is 235 g/mol. The number of nitrogens with zero attached hydrogens (tertiary/aromatic N) is 1. The van der Waals surface area contributed by atoms with Crippen molar-refractivity contribution in [2.75, 3.05) is 5.32 Å². The maximum Gasteiger partial charge on any atom is 0.229 e. The lowest BCUT2D eigenvalue weighted by atomic mass is 9.68. The van der Waals surface area contributed by atoms with E-state index in [0.717, 1.165) is 25.0 Å². The van der Waals surface area contributed by atoms with Gasteiger partial charge in [-0.05, 0) is 25.2 Å². The van der Waals surface area contributed by atoms with E-state index in [2.05, 4.69) is 29.4 Å². The first-order chi connectivity index (χ1) is 7.99. The van der Waals surface area contributed by atoms with E-state index < -0.39 is 0 Å². The lowest BCUT2D eigenvalue weighted by Gasteiger charge is -2.37. The largest absolute Gasteiger partial charge is 0.309 e. The molecule has 0 aliphatic heterocycles. The number of nitrogens with one attached hydrogen (secondary N) is 2. The topological polar surface area (TPSA) is 57.8 Å². The highest BCUT2D eigenvalue weighted by atomic mass is 16.2. The van der Waals surface area contributed by atoms with E-state index >= 15 is 0 Å². The maximum absolute atomic E-state index is 12.2. The third-order valence-electron chi connectivity index (χ3n) is 3.78. The number of carbonyl (C=O) groups excluding carboxylic acids is 1. The van der Waals surface area contributed by atoms with E-state index in [4.69, 9.17) is 0 Å². The lowest BCUT2D eigenvalue weighted by Crippen LogP contribution is -2.37. The molecule has 1 atom stereocenters. The molecule has 0 saturated heterocycles. The van der Waals surface area contributed by atoms with Crippen molar-refractivity contribution in [2.24, 2.45) is 11.3 Å². The molecule has 0 spiro atoms. The highest BCUT2D eigenvalue weighted by Gasteiger charge is 2.37. The van der Waals surface area contributed by atoms with E-state index in [1.165, 1.54) is 6.42 Å². The Kier molecular flexibility index (Phi) is 3.22. The third kappa shape index (κ3) is 2.68. The van der Waals surface area contributed by atoms with Gasteiger partial charge in [0.05, 0.1) is 0 Å². The van der Waals surface area contributed by atoms with Crippen LogP contribution in [0.3, 0.4) is 0 Å². The molecule has 1 unspecified atom stereocenters. The minimum absolute atomic E-state index is 0.105. The summed E-state index contributed by atoms with van der Waals surface area (Å²) in [5, 5.41) is 9.78. The van der Waals surface area contributed by atoms with Gasteiger partial charge < -0.3 is 5.32 Å². The summed E-state index contributed by atoms with van der Waals surface area (Å²) in [6.45, 7) is 6.30. The number of H-pyrrole nitrogens is 1. The van der Waals surface area contributed by atoms with Gasteiger partial charge in [0.15, 0.2) is 5.82 Å². The van der Waals surface area contributed by atoms with E-state index in [1.807, 2.05) is 13.0 Å². The van der Waals surface area contributed by atoms with Gasteiger partial charge in [-0.1, -0.05) is 26.7 Å². The Hall–Kier alpha value is -1.32. The van der Waals surface area contributed by atoms with E-state index in [1.54, 1.807) is 0 Å². The Balaban J connectivity index is 2.04. The monoisotopic (exact) mass is 235 g/mol. The van der Waals surface area contributed by atoms with E-state index in [0.29, 0.717) is 5.82 Å². The summed E-state index contributed by atoms with van der Waals surface area (Å²) >= 11 is 0. The molecule has 1 aliphatic rings. The molecular weight excluding hydrogens is 214 g/mol. The Morgan fingerprint density at radius 1 is 1.53 bits per heavy atom. The molecule has 0 aromatic carbocycles. The van der Waals surface area contributed by atoms with Crippen molar-refractivity contribution in [3.05, 3.63) is 11.8 Å². The van der Waals surface area contributed by atoms with Gasteiger partial charge >= 0.3 is 0 Å². The number of rotatable bonds is 2. The Morgan fingerprint density at radius 3 is 2.88 bits per heavy atom. The first kappa shape index (κ1) is 12.1. The molecule has 1 aliphatic carbocycles. The van der Waals surface area contributed by atoms with Gasteiger partial charge in [0, 0.05) is 17.7 Å². The molecule has 94 valence electrons. The Morgan fingerprint density at radius 2 is 2.29 bits per heavy atom. The van der Waals surface area contributed by atoms with Crippen LogP contribution in [0.2, 0.25) is 0 Å². The van der Waals surface area contributed by atoms with Crippen LogP contribution in [0, 0.1) is 18.3 Å². The number of hydrogen-bond acceptors (Lipinski definition) is 2. The van der Waals surface area contributed by atoms with Crippen LogP contribution < -0.4 is 5.32 Å². The fourth-order valence-corrected chi connectivity index (χ4v) is 2.68. The SMILES string of the molecule is Cc1cc(NC(=O)C2CCCCC2(C)C)n[nH]1. The fraction of sp³-hybridized carbons (Fsp3) is 0.692. The summed E-state index contributed by atoms with van der Waals surface area (Å²) in [6, 6.07) is 1.85. The molecule has 1 fully saturated rings. The van der Waals surface area contributed by atoms with E-state index in [-0.39, 0.29) is 17.2 Å². The molecule has 0 bridgehead atoms. The van der Waals surface area contributed by atoms with Gasteiger partial charge in [0.1, 0.15) is 0 Å². The summed E-state index contributed by atoms with van der Waals surface area (Å²) in [5.41, 5.74) is 1.07. The van der Waals surface area contributed by atoms with Crippen molar-refractivity contribution in [1.29, 1.82) is 0 Å². The zero-order valence-electron chi connectivity index (χ0n) is 10.8. The first-order valence-electron chi connectivity index (χ1n) is 6.32. The zero-order valence-corrected chi connectivity index (χ0v) is 10.8. The summed E-state index contributed by atoms with van der Waals surface area (Å²) in [7, 11) is 0. The summed E-state index contributed by atoms with van der Waals surface area (Å²) in [5.74, 6) is 0.850. The van der Waals surface area contributed by atoms with Crippen LogP contribution in [0.1, 0.15) is 45.2 Å². The van der Waals surface area contributed by atoms with Gasteiger partial charge in [0.2, 0.25) is 5.91 Å². The fourth-order valence-electron chi connectivity index (χ4n) is 2.68. The van der Waals surface area contributed by atoms with Crippen LogP contribution in [0.15, 0.2) is 6.07 Å². The lowest BCUT2D eigenvalue weighted by molar-refractivity contribution is -0.124. The average Bonchev–Trinajstić information content (AvgIpc) is 2.63. The van der Waals surface area contributed by atoms with Gasteiger partial charge in [0.25, 0.3) is 0 Å². The van der Waals surface area contributed by atoms with Gasteiger partial charge in [-0.3, -0.25) is 9.89 Å². The Bertz CT molecular complexity index is 409. The summed E-state index contributed by atoms with van der Waals surface area (Å²) in [4.78, 5) is 12.2. The molecular formula is C13H21N3O. The van der Waals surface area contributed by atoms with Crippen LogP contribution in [0.5, 0.6) is 0 Å². The van der Waals surface area contributed by atoms with Crippen molar-refractivity contribution in [1.82, 2.24) is 10.2 Å². The molecule has 4 nitrogen and oxygen atoms in total. The quantitative estimate of drug-likeness (QED) is 0.828. The van der Waals surface area contributed by atoms with Gasteiger partial charge in [-0.2, -0.15) is 5.10 Å². The van der Waals surface area contributed by atoms with Crippen molar-refractivity contribution in [3.63, 3.8) is 0 Å². The van der Waals surface area contributed by atoms with Crippen LogP contribution in [-0.4, -0.2) is 16.1 Å². The molecule has 1 aromatic rings. The van der Waals surface area contributed by atoms with Crippen molar-refractivity contribution in [2.45, 2.75) is 46.5 Å². The molecule has 1 heterocycles. The maximum atomic E-state index is 12.2. The number of aryl methyl sites for hydroxylation is 1. The standard InChI is InChI=1S/C13H21N3O/c1-9-8-11(16-15-9)14-12(17)10-6-4-5-7-13(10,2)3/h8,10H,4-7H2,1-3H3,(H2,14,15,16,17). The highest BCUT2D eigenvalue weighted by molar-refractivity contribution is 5.92. The normalized spacial score (nSPS) is 23.4. The summed E-state index contributed by atoms with van der Waals surface area (Å²) < 4.78 is 0. The third-order valence-corrected chi connectivity index (χ3v) is 3.78. The number of aromatic nitrogens is 2. The number of aromatic amines is 1. The number of anilines is 1. The molecule has 0 radical (unpaired) electrons. The minimum Gasteiger partial charge on any atom is -0.309 e. The molecule has 2 N–H and O–H groups in total.